The van der Waals surface area contributed by atoms with Crippen LogP contribution < -0.4 is 5.32 Å². The van der Waals surface area contributed by atoms with Gasteiger partial charge < -0.3 is 10.2 Å². The lowest BCUT2D eigenvalue weighted by atomic mass is 9.88. The summed E-state index contributed by atoms with van der Waals surface area (Å²) < 4.78 is 0. The average molecular weight is 232 g/mol. The van der Waals surface area contributed by atoms with Gasteiger partial charge in [-0.25, -0.2) is 0 Å². The maximum absolute atomic E-state index is 11.6. The van der Waals surface area contributed by atoms with Crippen molar-refractivity contribution in [2.24, 2.45) is 0 Å². The highest BCUT2D eigenvalue weighted by Crippen LogP contribution is 2.29. The quantitative estimate of drug-likeness (QED) is 0.861. The van der Waals surface area contributed by atoms with Gasteiger partial charge in [0.2, 0.25) is 5.91 Å². The summed E-state index contributed by atoms with van der Waals surface area (Å²) in [6.07, 6.45) is 3.48. The molecule has 1 N–H and O–H groups in total. The second-order valence-corrected chi connectivity index (χ2v) is 4.81. The van der Waals surface area contributed by atoms with Crippen molar-refractivity contribution in [3.05, 3.63) is 35.4 Å². The van der Waals surface area contributed by atoms with Crippen LogP contribution in [-0.4, -0.2) is 31.4 Å². The topological polar surface area (TPSA) is 32.3 Å². The zero-order valence-corrected chi connectivity index (χ0v) is 10.6. The van der Waals surface area contributed by atoms with Crippen LogP contribution >= 0.6 is 0 Å². The Morgan fingerprint density at radius 2 is 2.18 bits per heavy atom. The molecule has 1 aromatic carbocycles. The van der Waals surface area contributed by atoms with Crippen LogP contribution in [0.25, 0.3) is 0 Å². The summed E-state index contributed by atoms with van der Waals surface area (Å²) in [6.45, 7) is 0.423. The number of carbonyl (C=O) groups excluding carboxylic acids is 1. The molecule has 1 unspecified atom stereocenters. The van der Waals surface area contributed by atoms with Crippen LogP contribution in [0, 0.1) is 0 Å². The van der Waals surface area contributed by atoms with E-state index in [4.69, 9.17) is 0 Å². The van der Waals surface area contributed by atoms with E-state index < -0.39 is 0 Å². The molecule has 0 bridgehead atoms. The number of benzene rings is 1. The molecule has 17 heavy (non-hydrogen) atoms. The summed E-state index contributed by atoms with van der Waals surface area (Å²) in [4.78, 5) is 13.2. The normalized spacial score (nSPS) is 18.6. The van der Waals surface area contributed by atoms with E-state index in [1.165, 1.54) is 17.5 Å². The molecule has 1 aliphatic carbocycles. The molecule has 0 radical (unpaired) electrons. The highest BCUT2D eigenvalue weighted by Gasteiger charge is 2.19. The van der Waals surface area contributed by atoms with E-state index in [0.29, 0.717) is 12.6 Å². The van der Waals surface area contributed by atoms with Crippen LogP contribution in [0.5, 0.6) is 0 Å². The lowest BCUT2D eigenvalue weighted by Gasteiger charge is -2.26. The van der Waals surface area contributed by atoms with Gasteiger partial charge >= 0.3 is 0 Å². The molecule has 3 nitrogen and oxygen atoms in total. The van der Waals surface area contributed by atoms with Gasteiger partial charge in [0.15, 0.2) is 0 Å². The second-order valence-electron chi connectivity index (χ2n) is 4.81. The minimum Gasteiger partial charge on any atom is -0.348 e. The molecular weight excluding hydrogens is 212 g/mol. The Kier molecular flexibility index (Phi) is 3.79. The molecule has 1 amide bonds. The molecule has 1 aliphatic rings. The predicted octanol–water partition coefficient (Wildman–Crippen LogP) is 1.74. The van der Waals surface area contributed by atoms with Gasteiger partial charge in [-0.15, -0.1) is 0 Å². The standard InChI is InChI=1S/C14H20N2O/c1-16(2)14(17)10-15-13-9-5-7-11-6-3-4-8-12(11)13/h3-4,6,8,13,15H,5,7,9-10H2,1-2H3. The monoisotopic (exact) mass is 232 g/mol. The summed E-state index contributed by atoms with van der Waals surface area (Å²) >= 11 is 0. The molecule has 0 heterocycles. The first-order chi connectivity index (χ1) is 8.18. The number of nitrogens with one attached hydrogen (secondary N) is 1. The zero-order valence-electron chi connectivity index (χ0n) is 10.6. The Hall–Kier alpha value is -1.35. The Bertz CT molecular complexity index is 401. The van der Waals surface area contributed by atoms with Crippen molar-refractivity contribution in [2.45, 2.75) is 25.3 Å². The largest absolute Gasteiger partial charge is 0.348 e. The van der Waals surface area contributed by atoms with Gasteiger partial charge in [0.05, 0.1) is 6.54 Å². The van der Waals surface area contributed by atoms with Crippen molar-refractivity contribution in [3.63, 3.8) is 0 Å². The van der Waals surface area contributed by atoms with Crippen LogP contribution in [0.1, 0.15) is 30.0 Å². The summed E-state index contributed by atoms with van der Waals surface area (Å²) in [5.74, 6) is 0.132. The lowest BCUT2D eigenvalue weighted by molar-refractivity contribution is -0.127. The van der Waals surface area contributed by atoms with E-state index in [1.54, 1.807) is 19.0 Å². The molecule has 92 valence electrons. The highest BCUT2D eigenvalue weighted by atomic mass is 16.2. The van der Waals surface area contributed by atoms with Crippen molar-refractivity contribution in [1.29, 1.82) is 0 Å². The first-order valence-corrected chi connectivity index (χ1v) is 6.20. The third-order valence-corrected chi connectivity index (χ3v) is 3.37. The Morgan fingerprint density at radius 3 is 2.94 bits per heavy atom. The first kappa shape index (κ1) is 12.1. The van der Waals surface area contributed by atoms with Gasteiger partial charge in [-0.3, -0.25) is 4.79 Å². The number of rotatable bonds is 3. The molecule has 3 heteroatoms. The van der Waals surface area contributed by atoms with E-state index >= 15 is 0 Å². The summed E-state index contributed by atoms with van der Waals surface area (Å²) in [7, 11) is 3.58. The van der Waals surface area contributed by atoms with Gasteiger partial charge in [0.25, 0.3) is 0 Å². The fourth-order valence-corrected chi connectivity index (χ4v) is 2.33. The van der Waals surface area contributed by atoms with Crippen LogP contribution in [0.4, 0.5) is 0 Å². The number of hydrogen-bond acceptors (Lipinski definition) is 2. The summed E-state index contributed by atoms with van der Waals surface area (Å²) in [5, 5.41) is 3.37. The van der Waals surface area contributed by atoms with Gasteiger partial charge in [-0.05, 0) is 30.4 Å². The van der Waals surface area contributed by atoms with Crippen molar-refractivity contribution >= 4 is 5.91 Å². The third-order valence-electron chi connectivity index (χ3n) is 3.37. The van der Waals surface area contributed by atoms with Crippen molar-refractivity contribution in [3.8, 4) is 0 Å². The number of aryl methyl sites for hydroxylation is 1. The first-order valence-electron chi connectivity index (χ1n) is 6.20. The number of nitrogens with zero attached hydrogens (tertiary/aromatic N) is 1. The number of amides is 1. The number of hydrogen-bond donors (Lipinski definition) is 1. The molecule has 2 rings (SSSR count). The van der Waals surface area contributed by atoms with Crippen molar-refractivity contribution < 1.29 is 4.79 Å². The van der Waals surface area contributed by atoms with E-state index in [2.05, 4.69) is 29.6 Å². The van der Waals surface area contributed by atoms with Crippen molar-refractivity contribution in [1.82, 2.24) is 10.2 Å². The SMILES string of the molecule is CN(C)C(=O)CNC1CCCc2ccccc21. The molecule has 0 saturated heterocycles. The van der Waals surface area contributed by atoms with Gasteiger partial charge in [0.1, 0.15) is 0 Å². The fraction of sp³-hybridized carbons (Fsp3) is 0.500. The van der Waals surface area contributed by atoms with Crippen molar-refractivity contribution in [2.75, 3.05) is 20.6 Å². The number of carbonyl (C=O) groups is 1. The molecular formula is C14H20N2O. The number of fused-ring (bicyclic) bond motifs is 1. The molecule has 0 fully saturated rings. The molecule has 0 aromatic heterocycles. The van der Waals surface area contributed by atoms with E-state index in [0.717, 1.165) is 12.8 Å². The van der Waals surface area contributed by atoms with E-state index in [9.17, 15) is 4.79 Å². The Morgan fingerprint density at radius 1 is 1.41 bits per heavy atom. The highest BCUT2D eigenvalue weighted by molar-refractivity contribution is 5.77. The van der Waals surface area contributed by atoms with E-state index in [-0.39, 0.29) is 5.91 Å². The maximum Gasteiger partial charge on any atom is 0.236 e. The Labute approximate surface area is 103 Å². The maximum atomic E-state index is 11.6. The van der Waals surface area contributed by atoms with Gasteiger partial charge in [-0.2, -0.15) is 0 Å². The molecule has 0 spiro atoms. The van der Waals surface area contributed by atoms with Gasteiger partial charge in [-0.1, -0.05) is 24.3 Å². The molecule has 0 saturated carbocycles. The van der Waals surface area contributed by atoms with Crippen LogP contribution in [0.2, 0.25) is 0 Å². The van der Waals surface area contributed by atoms with E-state index in [1.807, 2.05) is 0 Å². The molecule has 1 aromatic rings. The minimum atomic E-state index is 0.132. The zero-order chi connectivity index (χ0) is 12.3. The van der Waals surface area contributed by atoms with Crippen LogP contribution in [0.15, 0.2) is 24.3 Å². The summed E-state index contributed by atoms with van der Waals surface area (Å²) in [6, 6.07) is 8.87. The van der Waals surface area contributed by atoms with Crippen LogP contribution in [0.3, 0.4) is 0 Å². The second kappa shape index (κ2) is 5.32. The Balaban J connectivity index is 2.01. The lowest BCUT2D eigenvalue weighted by Crippen LogP contribution is -2.36. The predicted molar refractivity (Wildman–Crippen MR) is 68.8 cm³/mol. The molecule has 1 atom stereocenters. The smallest absolute Gasteiger partial charge is 0.236 e. The van der Waals surface area contributed by atoms with Crippen LogP contribution in [-0.2, 0) is 11.2 Å². The number of likely N-dealkylation sites (N-methyl/N-ethyl adjacent to an activating group) is 1. The molecule has 0 aliphatic heterocycles. The van der Waals surface area contributed by atoms with Gasteiger partial charge in [0, 0.05) is 20.1 Å². The minimum absolute atomic E-state index is 0.132. The summed E-state index contributed by atoms with van der Waals surface area (Å²) in [5.41, 5.74) is 2.79. The fourth-order valence-electron chi connectivity index (χ4n) is 2.33. The third kappa shape index (κ3) is 2.86. The average Bonchev–Trinajstić information content (AvgIpc) is 2.35.